The number of hydrogen-bond donors (Lipinski definition) is 1. The van der Waals surface area contributed by atoms with Gasteiger partial charge in [-0.2, -0.15) is 0 Å². The molecule has 0 spiro atoms. The van der Waals surface area contributed by atoms with Crippen LogP contribution in [-0.4, -0.2) is 19.7 Å². The van der Waals surface area contributed by atoms with Gasteiger partial charge in [-0.05, 0) is 19.0 Å². The number of allylic oxidation sites excluding steroid dienone is 1. The van der Waals surface area contributed by atoms with Gasteiger partial charge in [0.2, 0.25) is 0 Å². The van der Waals surface area contributed by atoms with Gasteiger partial charge in [-0.15, -0.1) is 0 Å². The fourth-order valence-corrected chi connectivity index (χ4v) is 1.48. The summed E-state index contributed by atoms with van der Waals surface area (Å²) in [7, 11) is 0. The second kappa shape index (κ2) is 8.08. The summed E-state index contributed by atoms with van der Waals surface area (Å²) in [5, 5.41) is 3.32. The quantitative estimate of drug-likeness (QED) is 0.712. The van der Waals surface area contributed by atoms with Crippen LogP contribution in [0.15, 0.2) is 42.5 Å². The molecule has 0 fully saturated rings. The summed E-state index contributed by atoms with van der Waals surface area (Å²) in [5.74, 6) is 0. The third-order valence-electron chi connectivity index (χ3n) is 2.38. The van der Waals surface area contributed by atoms with Gasteiger partial charge in [-0.3, -0.25) is 0 Å². The number of likely N-dealkylation sites (N-methyl/N-ethyl adjacent to an activating group) is 1. The van der Waals surface area contributed by atoms with Crippen molar-refractivity contribution >= 4 is 0 Å². The molecule has 2 nitrogen and oxygen atoms in total. The molecule has 1 aromatic rings. The molecule has 88 valence electrons. The molecule has 0 aromatic heterocycles. The van der Waals surface area contributed by atoms with E-state index in [0.717, 1.165) is 13.1 Å². The predicted molar refractivity (Wildman–Crippen MR) is 68.5 cm³/mol. The van der Waals surface area contributed by atoms with Crippen LogP contribution in [0.25, 0.3) is 0 Å². The van der Waals surface area contributed by atoms with E-state index < -0.39 is 0 Å². The van der Waals surface area contributed by atoms with Gasteiger partial charge >= 0.3 is 0 Å². The summed E-state index contributed by atoms with van der Waals surface area (Å²) in [4.78, 5) is 0. The van der Waals surface area contributed by atoms with Crippen molar-refractivity contribution in [3.05, 3.63) is 48.0 Å². The first-order valence-electron chi connectivity index (χ1n) is 5.87. The van der Waals surface area contributed by atoms with Crippen molar-refractivity contribution in [2.75, 3.05) is 19.7 Å². The van der Waals surface area contributed by atoms with Crippen LogP contribution in [0, 0.1) is 0 Å². The molecule has 0 bridgehead atoms. The second-order valence-electron chi connectivity index (χ2n) is 3.61. The van der Waals surface area contributed by atoms with Crippen molar-refractivity contribution < 1.29 is 4.74 Å². The fourth-order valence-electron chi connectivity index (χ4n) is 1.48. The van der Waals surface area contributed by atoms with Crippen LogP contribution in [-0.2, 0) is 4.74 Å². The molecule has 0 aliphatic rings. The number of ether oxygens (including phenoxy) is 1. The Bertz CT molecular complexity index is 295. The van der Waals surface area contributed by atoms with Gasteiger partial charge in [-0.25, -0.2) is 0 Å². The lowest BCUT2D eigenvalue weighted by Gasteiger charge is -2.17. The maximum atomic E-state index is 5.82. The molecule has 0 heterocycles. The molecule has 0 saturated carbocycles. The van der Waals surface area contributed by atoms with Crippen LogP contribution in [0.4, 0.5) is 0 Å². The Kier molecular flexibility index (Phi) is 6.54. The summed E-state index contributed by atoms with van der Waals surface area (Å²) in [5.41, 5.74) is 1.23. The van der Waals surface area contributed by atoms with E-state index in [0.29, 0.717) is 6.61 Å². The minimum atomic E-state index is 0.136. The highest BCUT2D eigenvalue weighted by atomic mass is 16.5. The van der Waals surface area contributed by atoms with Gasteiger partial charge in [0, 0.05) is 6.54 Å². The van der Waals surface area contributed by atoms with Gasteiger partial charge < -0.3 is 10.1 Å². The van der Waals surface area contributed by atoms with Crippen molar-refractivity contribution in [2.24, 2.45) is 0 Å². The molecule has 1 atom stereocenters. The number of benzene rings is 1. The van der Waals surface area contributed by atoms with E-state index in [1.165, 1.54) is 5.56 Å². The Hall–Kier alpha value is -1.12. The molecule has 0 aliphatic heterocycles. The minimum Gasteiger partial charge on any atom is -0.368 e. The average Bonchev–Trinajstić information content (AvgIpc) is 2.35. The van der Waals surface area contributed by atoms with E-state index >= 15 is 0 Å². The standard InChI is InChI=1S/C14H21NO/c1-3-5-11-16-14(12-15-4-2)13-9-7-6-8-10-13/h3,5-10,14-15H,4,11-12H2,1-2H3. The van der Waals surface area contributed by atoms with Gasteiger partial charge in [-0.1, -0.05) is 49.4 Å². The first kappa shape index (κ1) is 12.9. The molecule has 0 amide bonds. The van der Waals surface area contributed by atoms with E-state index in [9.17, 15) is 0 Å². The molecule has 1 unspecified atom stereocenters. The van der Waals surface area contributed by atoms with Gasteiger partial charge in [0.15, 0.2) is 0 Å². The zero-order valence-electron chi connectivity index (χ0n) is 10.1. The molecule has 0 aliphatic carbocycles. The Balaban J connectivity index is 2.56. The molecule has 0 radical (unpaired) electrons. The molecule has 1 rings (SSSR count). The summed E-state index contributed by atoms with van der Waals surface area (Å²) in [6, 6.07) is 10.3. The molecule has 16 heavy (non-hydrogen) atoms. The maximum Gasteiger partial charge on any atom is 0.0953 e. The first-order valence-corrected chi connectivity index (χ1v) is 5.87. The molecular weight excluding hydrogens is 198 g/mol. The van der Waals surface area contributed by atoms with Crippen molar-refractivity contribution in [3.8, 4) is 0 Å². The fraction of sp³-hybridized carbons (Fsp3) is 0.429. The number of nitrogens with one attached hydrogen (secondary N) is 1. The van der Waals surface area contributed by atoms with Crippen LogP contribution in [0.5, 0.6) is 0 Å². The molecule has 1 N–H and O–H groups in total. The molecular formula is C14H21NO. The van der Waals surface area contributed by atoms with Gasteiger partial charge in [0.05, 0.1) is 12.7 Å². The predicted octanol–water partition coefficient (Wildman–Crippen LogP) is 2.93. The SMILES string of the molecule is CC=CCOC(CNCC)c1ccccc1. The Morgan fingerprint density at radius 2 is 2.06 bits per heavy atom. The number of hydrogen-bond acceptors (Lipinski definition) is 2. The lowest BCUT2D eigenvalue weighted by Crippen LogP contribution is -2.23. The van der Waals surface area contributed by atoms with E-state index in [4.69, 9.17) is 4.74 Å². The van der Waals surface area contributed by atoms with Gasteiger partial charge in [0.1, 0.15) is 0 Å². The largest absolute Gasteiger partial charge is 0.368 e. The highest BCUT2D eigenvalue weighted by molar-refractivity contribution is 5.18. The normalized spacial score (nSPS) is 13.1. The third-order valence-corrected chi connectivity index (χ3v) is 2.38. The van der Waals surface area contributed by atoms with E-state index in [2.05, 4.69) is 24.4 Å². The summed E-state index contributed by atoms with van der Waals surface area (Å²) in [6.07, 6.45) is 4.18. The highest BCUT2D eigenvalue weighted by Crippen LogP contribution is 2.15. The van der Waals surface area contributed by atoms with E-state index in [-0.39, 0.29) is 6.10 Å². The average molecular weight is 219 g/mol. The van der Waals surface area contributed by atoms with Crippen LogP contribution >= 0.6 is 0 Å². The van der Waals surface area contributed by atoms with Crippen LogP contribution < -0.4 is 5.32 Å². The second-order valence-corrected chi connectivity index (χ2v) is 3.61. The van der Waals surface area contributed by atoms with Crippen molar-refractivity contribution in [1.82, 2.24) is 5.32 Å². The Morgan fingerprint density at radius 3 is 2.69 bits per heavy atom. The minimum absolute atomic E-state index is 0.136. The lowest BCUT2D eigenvalue weighted by molar-refractivity contribution is 0.0741. The van der Waals surface area contributed by atoms with Gasteiger partial charge in [0.25, 0.3) is 0 Å². The molecule has 2 heteroatoms. The molecule has 0 saturated heterocycles. The van der Waals surface area contributed by atoms with E-state index in [1.54, 1.807) is 0 Å². The lowest BCUT2D eigenvalue weighted by atomic mass is 10.1. The zero-order valence-corrected chi connectivity index (χ0v) is 10.1. The van der Waals surface area contributed by atoms with Crippen LogP contribution in [0.2, 0.25) is 0 Å². The molecule has 1 aromatic carbocycles. The van der Waals surface area contributed by atoms with E-state index in [1.807, 2.05) is 37.3 Å². The van der Waals surface area contributed by atoms with Crippen LogP contribution in [0.3, 0.4) is 0 Å². The smallest absolute Gasteiger partial charge is 0.0953 e. The van der Waals surface area contributed by atoms with Crippen molar-refractivity contribution in [3.63, 3.8) is 0 Å². The van der Waals surface area contributed by atoms with Crippen molar-refractivity contribution in [1.29, 1.82) is 0 Å². The third kappa shape index (κ3) is 4.60. The summed E-state index contributed by atoms with van der Waals surface area (Å²) >= 11 is 0. The summed E-state index contributed by atoms with van der Waals surface area (Å²) in [6.45, 7) is 6.61. The summed E-state index contributed by atoms with van der Waals surface area (Å²) < 4.78 is 5.82. The monoisotopic (exact) mass is 219 g/mol. The topological polar surface area (TPSA) is 21.3 Å². The van der Waals surface area contributed by atoms with Crippen LogP contribution in [0.1, 0.15) is 25.5 Å². The maximum absolute atomic E-state index is 5.82. The Morgan fingerprint density at radius 1 is 1.31 bits per heavy atom. The first-order chi connectivity index (χ1) is 7.88. The zero-order chi connectivity index (χ0) is 11.6. The van der Waals surface area contributed by atoms with Crippen molar-refractivity contribution in [2.45, 2.75) is 20.0 Å². The number of rotatable bonds is 7. The Labute approximate surface area is 98.3 Å². The highest BCUT2D eigenvalue weighted by Gasteiger charge is 2.09.